The predicted molar refractivity (Wildman–Crippen MR) is 67.3 cm³/mol. The summed E-state index contributed by atoms with van der Waals surface area (Å²) in [6.07, 6.45) is 2.27. The quantitative estimate of drug-likeness (QED) is 0.784. The molecule has 2 rings (SSSR count). The number of rotatable bonds is 4. The molecule has 0 saturated heterocycles. The first-order chi connectivity index (χ1) is 8.66. The zero-order valence-electron chi connectivity index (χ0n) is 9.43. The van der Waals surface area contributed by atoms with Gasteiger partial charge in [-0.25, -0.2) is 4.98 Å². The van der Waals surface area contributed by atoms with Gasteiger partial charge in [0.25, 0.3) is 5.91 Å². The lowest BCUT2D eigenvalue weighted by Gasteiger charge is -2.11. The van der Waals surface area contributed by atoms with Crippen molar-refractivity contribution in [2.24, 2.45) is 0 Å². The Labute approximate surface area is 109 Å². The second kappa shape index (κ2) is 5.66. The molecule has 6 heteroatoms. The van der Waals surface area contributed by atoms with Gasteiger partial charge in [0.15, 0.2) is 5.82 Å². The van der Waals surface area contributed by atoms with Crippen molar-refractivity contribution in [3.63, 3.8) is 0 Å². The van der Waals surface area contributed by atoms with Crippen molar-refractivity contribution >= 4 is 17.5 Å². The molecule has 0 aliphatic carbocycles. The highest BCUT2D eigenvalue weighted by Crippen LogP contribution is 2.15. The standard InChI is InChI=1S/C12H12ClN3O2/c13-9-3-1-8(2-4-9)10(17)7-16-12(18)11-14-5-6-15-11/h1-6,10,17H,7H2,(H,14,15)(H,16,18). The minimum Gasteiger partial charge on any atom is -0.387 e. The van der Waals surface area contributed by atoms with Crippen LogP contribution >= 0.6 is 11.6 Å². The van der Waals surface area contributed by atoms with E-state index in [4.69, 9.17) is 11.6 Å². The number of hydrogen-bond donors (Lipinski definition) is 3. The van der Waals surface area contributed by atoms with Crippen LogP contribution in [0.25, 0.3) is 0 Å². The Bertz CT molecular complexity index is 511. The molecule has 0 fully saturated rings. The van der Waals surface area contributed by atoms with E-state index in [2.05, 4.69) is 15.3 Å². The van der Waals surface area contributed by atoms with Gasteiger partial charge in [0, 0.05) is 24.0 Å². The SMILES string of the molecule is O=C(NCC(O)c1ccc(Cl)cc1)c1ncc[nH]1. The van der Waals surface area contributed by atoms with Crippen LogP contribution in [0.2, 0.25) is 5.02 Å². The van der Waals surface area contributed by atoms with Crippen molar-refractivity contribution in [1.82, 2.24) is 15.3 Å². The van der Waals surface area contributed by atoms with Crippen molar-refractivity contribution in [3.05, 3.63) is 53.1 Å². The van der Waals surface area contributed by atoms with Gasteiger partial charge in [0.2, 0.25) is 0 Å². The second-order valence-corrected chi connectivity index (χ2v) is 4.15. The summed E-state index contributed by atoms with van der Waals surface area (Å²) >= 11 is 5.75. The fourth-order valence-electron chi connectivity index (χ4n) is 1.47. The molecule has 1 aromatic carbocycles. The third kappa shape index (κ3) is 3.09. The maximum atomic E-state index is 11.6. The number of imidazole rings is 1. The van der Waals surface area contributed by atoms with Crippen LogP contribution in [0.5, 0.6) is 0 Å². The molecule has 3 N–H and O–H groups in total. The van der Waals surface area contributed by atoms with Gasteiger partial charge in [-0.2, -0.15) is 0 Å². The maximum absolute atomic E-state index is 11.6. The van der Waals surface area contributed by atoms with E-state index >= 15 is 0 Å². The number of carbonyl (C=O) groups is 1. The number of aliphatic hydroxyl groups excluding tert-OH is 1. The number of H-pyrrole nitrogens is 1. The monoisotopic (exact) mass is 265 g/mol. The molecular weight excluding hydrogens is 254 g/mol. The molecule has 1 unspecified atom stereocenters. The van der Waals surface area contributed by atoms with Gasteiger partial charge in [-0.05, 0) is 17.7 Å². The highest BCUT2D eigenvalue weighted by molar-refractivity contribution is 6.30. The molecule has 2 aromatic rings. The van der Waals surface area contributed by atoms with E-state index in [9.17, 15) is 9.90 Å². The number of carbonyl (C=O) groups excluding carboxylic acids is 1. The van der Waals surface area contributed by atoms with E-state index in [1.807, 2.05) is 0 Å². The highest BCUT2D eigenvalue weighted by Gasteiger charge is 2.11. The van der Waals surface area contributed by atoms with Crippen LogP contribution in [-0.2, 0) is 0 Å². The van der Waals surface area contributed by atoms with E-state index in [1.165, 1.54) is 6.20 Å². The summed E-state index contributed by atoms with van der Waals surface area (Å²) < 4.78 is 0. The zero-order valence-corrected chi connectivity index (χ0v) is 10.2. The summed E-state index contributed by atoms with van der Waals surface area (Å²) in [6, 6.07) is 6.81. The minimum atomic E-state index is -0.777. The molecule has 0 spiro atoms. The number of aliphatic hydroxyl groups is 1. The largest absolute Gasteiger partial charge is 0.387 e. The predicted octanol–water partition coefficient (Wildman–Crippen LogP) is 1.53. The first-order valence-corrected chi connectivity index (χ1v) is 5.75. The molecule has 0 bridgehead atoms. The molecular formula is C12H12ClN3O2. The van der Waals surface area contributed by atoms with Crippen LogP contribution in [-0.4, -0.2) is 27.5 Å². The summed E-state index contributed by atoms with van der Waals surface area (Å²) in [6.45, 7) is 0.112. The number of amides is 1. The molecule has 0 radical (unpaired) electrons. The van der Waals surface area contributed by atoms with Crippen molar-refractivity contribution in [2.45, 2.75) is 6.10 Å². The number of halogens is 1. The number of aromatic nitrogens is 2. The van der Waals surface area contributed by atoms with Gasteiger partial charge >= 0.3 is 0 Å². The zero-order chi connectivity index (χ0) is 13.0. The van der Waals surface area contributed by atoms with E-state index in [0.717, 1.165) is 0 Å². The van der Waals surface area contributed by atoms with E-state index in [1.54, 1.807) is 30.5 Å². The van der Waals surface area contributed by atoms with Crippen LogP contribution in [0.4, 0.5) is 0 Å². The molecule has 1 heterocycles. The molecule has 1 atom stereocenters. The molecule has 1 aromatic heterocycles. The summed E-state index contributed by atoms with van der Waals surface area (Å²) in [5.41, 5.74) is 0.694. The van der Waals surface area contributed by atoms with Gasteiger partial charge in [-0.15, -0.1) is 0 Å². The van der Waals surface area contributed by atoms with Gasteiger partial charge in [0.05, 0.1) is 6.10 Å². The molecule has 5 nitrogen and oxygen atoms in total. The molecule has 18 heavy (non-hydrogen) atoms. The topological polar surface area (TPSA) is 78.0 Å². The summed E-state index contributed by atoms with van der Waals surface area (Å²) in [5, 5.41) is 13.1. The average molecular weight is 266 g/mol. The van der Waals surface area contributed by atoms with Crippen molar-refractivity contribution < 1.29 is 9.90 Å². The third-order valence-electron chi connectivity index (χ3n) is 2.42. The number of nitrogens with one attached hydrogen (secondary N) is 2. The molecule has 0 aliphatic rings. The normalized spacial score (nSPS) is 12.1. The third-order valence-corrected chi connectivity index (χ3v) is 2.68. The fourth-order valence-corrected chi connectivity index (χ4v) is 1.59. The number of benzene rings is 1. The lowest BCUT2D eigenvalue weighted by atomic mass is 10.1. The summed E-state index contributed by atoms with van der Waals surface area (Å²) in [5.74, 6) is -0.133. The Hall–Kier alpha value is -1.85. The number of aromatic amines is 1. The Kier molecular flexibility index (Phi) is 3.96. The van der Waals surface area contributed by atoms with Crippen molar-refractivity contribution in [3.8, 4) is 0 Å². The highest BCUT2D eigenvalue weighted by atomic mass is 35.5. The van der Waals surface area contributed by atoms with Gasteiger partial charge in [0.1, 0.15) is 0 Å². The smallest absolute Gasteiger partial charge is 0.287 e. The first kappa shape index (κ1) is 12.6. The Morgan fingerprint density at radius 2 is 2.17 bits per heavy atom. The number of nitrogens with zero attached hydrogens (tertiary/aromatic N) is 1. The first-order valence-electron chi connectivity index (χ1n) is 5.38. The summed E-state index contributed by atoms with van der Waals surface area (Å²) in [7, 11) is 0. The molecule has 0 saturated carbocycles. The van der Waals surface area contributed by atoms with Crippen LogP contribution in [0, 0.1) is 0 Å². The van der Waals surface area contributed by atoms with Crippen LogP contribution < -0.4 is 5.32 Å². The average Bonchev–Trinajstić information content (AvgIpc) is 2.90. The Morgan fingerprint density at radius 1 is 1.44 bits per heavy atom. The second-order valence-electron chi connectivity index (χ2n) is 3.72. The molecule has 94 valence electrons. The minimum absolute atomic E-state index is 0.112. The van der Waals surface area contributed by atoms with E-state index < -0.39 is 6.10 Å². The lowest BCUT2D eigenvalue weighted by Crippen LogP contribution is -2.29. The number of hydrogen-bond acceptors (Lipinski definition) is 3. The summed E-state index contributed by atoms with van der Waals surface area (Å²) in [4.78, 5) is 18.1. The van der Waals surface area contributed by atoms with Crippen LogP contribution in [0.1, 0.15) is 22.3 Å². The van der Waals surface area contributed by atoms with Crippen molar-refractivity contribution in [2.75, 3.05) is 6.54 Å². The Balaban J connectivity index is 1.90. The van der Waals surface area contributed by atoms with Crippen LogP contribution in [0.15, 0.2) is 36.7 Å². The van der Waals surface area contributed by atoms with E-state index in [0.29, 0.717) is 10.6 Å². The maximum Gasteiger partial charge on any atom is 0.287 e. The van der Waals surface area contributed by atoms with Gasteiger partial charge < -0.3 is 15.4 Å². The van der Waals surface area contributed by atoms with Crippen LogP contribution in [0.3, 0.4) is 0 Å². The molecule has 0 aliphatic heterocycles. The van der Waals surface area contributed by atoms with Crippen molar-refractivity contribution in [1.29, 1.82) is 0 Å². The fraction of sp³-hybridized carbons (Fsp3) is 0.167. The van der Waals surface area contributed by atoms with Gasteiger partial charge in [-0.3, -0.25) is 4.79 Å². The van der Waals surface area contributed by atoms with E-state index in [-0.39, 0.29) is 18.3 Å². The van der Waals surface area contributed by atoms with Gasteiger partial charge in [-0.1, -0.05) is 23.7 Å². The molecule has 1 amide bonds. The Morgan fingerprint density at radius 3 is 2.78 bits per heavy atom. The lowest BCUT2D eigenvalue weighted by molar-refractivity contribution is 0.0907.